The van der Waals surface area contributed by atoms with Gasteiger partial charge in [-0.15, -0.1) is 46.4 Å². The van der Waals surface area contributed by atoms with E-state index in [1.165, 1.54) is 21.3 Å². The van der Waals surface area contributed by atoms with Crippen LogP contribution in [-0.4, -0.2) is 155 Å². The Balaban J connectivity index is -0.000000156. The van der Waals surface area contributed by atoms with Crippen LogP contribution < -0.4 is 5.19 Å². The zero-order valence-electron chi connectivity index (χ0n) is 30.8. The fourth-order valence-electron chi connectivity index (χ4n) is 1.97. The molecule has 0 saturated heterocycles. The summed E-state index contributed by atoms with van der Waals surface area (Å²) < 4.78 is 48.6. The standard InChI is InChI=1S/C6H5Cl3Si.C6H12O2Si.C4H12O4Si.C4H12O3Si.C4H12O2Si.C2H8O2Si/c7-10(8,9)6-4-2-1-3-5-6;1-5-9(6-2,7-3)8-4;1-6-9(4-5,7-2)8-3;1-6-8(3,4-5)7-2;1-6-7(2,3)4-5;1-3-5-4-2/h1-5H;5-6H,1-2H2,3-4H3;5H,4H2,1-3H3;5H,4H2,1-3H3;5H,4H2,1-3H3;5H2,1-2H3. The van der Waals surface area contributed by atoms with Crippen molar-refractivity contribution in [2.75, 3.05) is 89.8 Å². The Morgan fingerprint density at radius 2 is 1.00 bits per heavy atom. The van der Waals surface area contributed by atoms with E-state index in [0.717, 1.165) is 5.19 Å². The molecule has 0 heterocycles. The summed E-state index contributed by atoms with van der Waals surface area (Å²) >= 11 is 17.2. The summed E-state index contributed by atoms with van der Waals surface area (Å²) in [5.74, 6) is 0. The highest BCUT2D eigenvalue weighted by atomic mass is 35.8. The van der Waals surface area contributed by atoms with Crippen molar-refractivity contribution in [3.8, 4) is 0 Å². The molecule has 0 saturated carbocycles. The lowest BCUT2D eigenvalue weighted by molar-refractivity contribution is 0.0953. The molecule has 0 aliphatic heterocycles. The highest BCUT2D eigenvalue weighted by Crippen LogP contribution is 2.18. The van der Waals surface area contributed by atoms with E-state index in [1.54, 1.807) is 67.7 Å². The number of hydrogen-bond acceptors (Lipinski definition) is 13. The maximum atomic E-state index is 8.66. The second kappa shape index (κ2) is 34.4. The normalized spacial score (nSPS) is 11.3. The Labute approximate surface area is 311 Å². The van der Waals surface area contributed by atoms with Crippen LogP contribution in [0.3, 0.4) is 0 Å². The predicted octanol–water partition coefficient (Wildman–Crippen LogP) is 2.65. The fourth-order valence-corrected chi connectivity index (χ4v) is 6.35. The van der Waals surface area contributed by atoms with E-state index in [-0.39, 0.29) is 18.7 Å². The molecule has 0 aromatic heterocycles. The van der Waals surface area contributed by atoms with Crippen molar-refractivity contribution in [3.63, 3.8) is 0 Å². The molecule has 0 amide bonds. The lowest BCUT2D eigenvalue weighted by Gasteiger charge is -2.21. The van der Waals surface area contributed by atoms with E-state index < -0.39 is 50.3 Å². The van der Waals surface area contributed by atoms with Gasteiger partial charge in [0.25, 0.3) is 0 Å². The lowest BCUT2D eigenvalue weighted by atomic mass is 10.4. The summed E-state index contributed by atoms with van der Waals surface area (Å²) in [6.07, 6.45) is 0.0417. The first-order valence-electron chi connectivity index (χ1n) is 13.9. The number of benzene rings is 1. The van der Waals surface area contributed by atoms with Gasteiger partial charge in [0.2, 0.25) is 8.32 Å². The summed E-state index contributed by atoms with van der Waals surface area (Å²) in [5, 5.41) is 26.6. The molecule has 0 aliphatic carbocycles. The van der Waals surface area contributed by atoms with E-state index in [1.807, 2.05) is 43.4 Å². The van der Waals surface area contributed by atoms with E-state index in [0.29, 0.717) is 0 Å². The second-order valence-corrected chi connectivity index (χ2v) is 32.8. The Kier molecular flexibility index (Phi) is 41.4. The highest BCUT2D eigenvalue weighted by molar-refractivity contribution is 7.69. The molecule has 0 fully saturated rings. The topological polar surface area (TPSA) is 153 Å². The highest BCUT2D eigenvalue weighted by Gasteiger charge is 2.36. The Morgan fingerprint density at radius 1 is 0.604 bits per heavy atom. The fraction of sp³-hybridized carbons (Fsp3) is 0.615. The lowest BCUT2D eigenvalue weighted by Crippen LogP contribution is -2.47. The zero-order valence-corrected chi connectivity index (χ0v) is 39.5. The van der Waals surface area contributed by atoms with Gasteiger partial charge in [-0.1, -0.05) is 30.3 Å². The summed E-state index contributed by atoms with van der Waals surface area (Å²) in [6, 6.07) is 6.68. The van der Waals surface area contributed by atoms with E-state index >= 15 is 0 Å². The molecular formula is C26H61Cl3O13Si6. The van der Waals surface area contributed by atoms with Gasteiger partial charge in [0, 0.05) is 71.1 Å². The molecule has 1 rings (SSSR count). The maximum Gasteiger partial charge on any atom is 0.527 e. The van der Waals surface area contributed by atoms with E-state index in [2.05, 4.69) is 22.0 Å². The van der Waals surface area contributed by atoms with Crippen LogP contribution in [-0.2, 0) is 44.3 Å². The van der Waals surface area contributed by atoms with Gasteiger partial charge in [-0.3, -0.25) is 0 Å². The van der Waals surface area contributed by atoms with Gasteiger partial charge in [0.1, 0.15) is 6.23 Å². The number of hydrogen-bond donors (Lipinski definition) is 3. The maximum absolute atomic E-state index is 8.66. The van der Waals surface area contributed by atoms with Gasteiger partial charge in [-0.05, 0) is 36.2 Å². The van der Waals surface area contributed by atoms with Crippen LogP contribution in [0.1, 0.15) is 0 Å². The molecule has 22 heteroatoms. The summed E-state index contributed by atoms with van der Waals surface area (Å²) in [6.45, 7) is 12.9. The second-order valence-electron chi connectivity index (χ2n) is 9.37. The van der Waals surface area contributed by atoms with Crippen LogP contribution in [0.25, 0.3) is 0 Å². The molecule has 0 bridgehead atoms. The third kappa shape index (κ3) is 31.1. The van der Waals surface area contributed by atoms with Crippen LogP contribution in [0.2, 0.25) is 19.6 Å². The first kappa shape index (κ1) is 57.7. The van der Waals surface area contributed by atoms with E-state index in [9.17, 15) is 0 Å². The monoisotopic (exact) mass is 854 g/mol. The van der Waals surface area contributed by atoms with Gasteiger partial charge in [0.05, 0.1) is 12.5 Å². The number of halogens is 3. The summed E-state index contributed by atoms with van der Waals surface area (Å²) in [4.78, 5) is 0. The molecular weight excluding hydrogens is 795 g/mol. The zero-order chi connectivity index (χ0) is 38.9. The Morgan fingerprint density at radius 3 is 1.06 bits per heavy atom. The van der Waals surface area contributed by atoms with Gasteiger partial charge >= 0.3 is 41.9 Å². The SMILES string of the molecule is C=C[Si](C=C)(OC)OC.CO[SiH2]OC.CO[Si](C)(C)CO.CO[Si](C)(CO)OC.CO[Si](CO)(OC)OC.Cl[Si](Cl)(Cl)c1ccccc1. The van der Waals surface area contributed by atoms with Crippen LogP contribution in [0.5, 0.6) is 0 Å². The average Bonchev–Trinajstić information content (AvgIpc) is 3.12. The smallest absolute Gasteiger partial charge is 0.418 e. The number of aliphatic hydroxyl groups is 3. The Bertz CT molecular complexity index is 809. The molecule has 13 nitrogen and oxygen atoms in total. The molecule has 3 N–H and O–H groups in total. The summed E-state index contributed by atoms with van der Waals surface area (Å²) in [5.41, 5.74) is 3.36. The minimum Gasteiger partial charge on any atom is -0.418 e. The molecule has 0 aliphatic rings. The van der Waals surface area contributed by atoms with Gasteiger partial charge in [0.15, 0.2) is 0 Å². The molecule has 1 aromatic carbocycles. The molecule has 1 aromatic rings. The van der Waals surface area contributed by atoms with Crippen LogP contribution in [0.4, 0.5) is 0 Å². The van der Waals surface area contributed by atoms with Crippen LogP contribution in [0.15, 0.2) is 54.9 Å². The predicted molar refractivity (Wildman–Crippen MR) is 210 cm³/mol. The van der Waals surface area contributed by atoms with E-state index in [4.69, 9.17) is 84.0 Å². The van der Waals surface area contributed by atoms with Gasteiger partial charge < -0.3 is 59.6 Å². The number of rotatable bonds is 16. The minimum absolute atomic E-state index is 0.0139. The van der Waals surface area contributed by atoms with Gasteiger partial charge in [-0.25, -0.2) is 0 Å². The molecule has 0 spiro atoms. The molecule has 0 radical (unpaired) electrons. The van der Waals surface area contributed by atoms with Crippen molar-refractivity contribution in [2.45, 2.75) is 19.6 Å². The largest absolute Gasteiger partial charge is 0.527 e. The first-order valence-corrected chi connectivity index (χ1v) is 29.7. The van der Waals surface area contributed by atoms with Crippen molar-refractivity contribution in [1.29, 1.82) is 0 Å². The van der Waals surface area contributed by atoms with Crippen molar-refractivity contribution in [3.05, 3.63) is 54.9 Å². The Hall–Kier alpha value is 0.351. The third-order valence-corrected chi connectivity index (χ3v) is 18.0. The minimum atomic E-state index is -2.64. The quantitative estimate of drug-likeness (QED) is 0.165. The third-order valence-electron chi connectivity index (χ3n) is 5.75. The van der Waals surface area contributed by atoms with Crippen LogP contribution >= 0.6 is 33.2 Å². The molecule has 0 unspecified atom stereocenters. The number of aliphatic hydroxyl groups excluding tert-OH is 3. The van der Waals surface area contributed by atoms with Crippen molar-refractivity contribution >= 4 is 88.7 Å². The van der Waals surface area contributed by atoms with Crippen molar-refractivity contribution in [1.82, 2.24) is 0 Å². The summed E-state index contributed by atoms with van der Waals surface area (Å²) in [7, 11) is 6.51. The molecule has 0 atom stereocenters. The molecule has 288 valence electrons. The average molecular weight is 857 g/mol. The van der Waals surface area contributed by atoms with Gasteiger partial charge in [-0.2, -0.15) is 0 Å². The molecule has 48 heavy (non-hydrogen) atoms. The first-order chi connectivity index (χ1) is 22.3. The van der Waals surface area contributed by atoms with Crippen molar-refractivity contribution in [2.24, 2.45) is 0 Å². The van der Waals surface area contributed by atoms with Crippen molar-refractivity contribution < 1.29 is 59.6 Å². The van der Waals surface area contributed by atoms with Crippen LogP contribution in [0, 0.1) is 0 Å².